The Balaban J connectivity index is 1.54. The van der Waals surface area contributed by atoms with E-state index in [4.69, 9.17) is 0 Å². The van der Waals surface area contributed by atoms with Crippen LogP contribution in [-0.4, -0.2) is 11.8 Å². The van der Waals surface area contributed by atoms with Gasteiger partial charge in [-0.3, -0.25) is 9.59 Å². The Labute approximate surface area is 118 Å². The summed E-state index contributed by atoms with van der Waals surface area (Å²) in [7, 11) is 0. The maximum absolute atomic E-state index is 12.1. The summed E-state index contributed by atoms with van der Waals surface area (Å²) in [6.45, 7) is 1.82. The molecule has 4 nitrogen and oxygen atoms in total. The van der Waals surface area contributed by atoms with Gasteiger partial charge in [-0.1, -0.05) is 6.92 Å². The molecule has 2 atom stereocenters. The summed E-state index contributed by atoms with van der Waals surface area (Å²) >= 11 is 0. The first kappa shape index (κ1) is 13.2. The monoisotopic (exact) mass is 272 g/mol. The molecule has 1 aromatic carbocycles. The van der Waals surface area contributed by atoms with Gasteiger partial charge in [-0.05, 0) is 55.4 Å². The molecule has 0 saturated heterocycles. The molecular formula is C16H20N2O2. The van der Waals surface area contributed by atoms with Crippen molar-refractivity contribution in [2.45, 2.75) is 32.6 Å². The lowest BCUT2D eigenvalue weighted by Gasteiger charge is -2.12. The second kappa shape index (κ2) is 5.27. The molecule has 0 radical (unpaired) electrons. The van der Waals surface area contributed by atoms with Crippen LogP contribution >= 0.6 is 0 Å². The fourth-order valence-corrected chi connectivity index (χ4v) is 3.06. The summed E-state index contributed by atoms with van der Waals surface area (Å²) in [6, 6.07) is 7.29. The summed E-state index contributed by atoms with van der Waals surface area (Å²) in [5.74, 6) is 1.96. The van der Waals surface area contributed by atoms with Gasteiger partial charge in [0.1, 0.15) is 0 Å². The molecule has 2 aliphatic carbocycles. The molecular weight excluding hydrogens is 252 g/mol. The lowest BCUT2D eigenvalue weighted by Crippen LogP contribution is -2.21. The molecule has 0 spiro atoms. The number of nitrogens with one attached hydrogen (secondary N) is 2. The number of amides is 2. The number of carbonyl (C=O) groups is 2. The highest BCUT2D eigenvalue weighted by atomic mass is 16.2. The molecule has 2 unspecified atom stereocenters. The van der Waals surface area contributed by atoms with Crippen LogP contribution in [0, 0.1) is 17.8 Å². The average Bonchev–Trinajstić information content (AvgIpc) is 3.07. The quantitative estimate of drug-likeness (QED) is 0.885. The third-order valence-electron chi connectivity index (χ3n) is 4.37. The minimum Gasteiger partial charge on any atom is -0.326 e. The molecule has 2 aliphatic rings. The first-order valence-corrected chi connectivity index (χ1v) is 7.36. The van der Waals surface area contributed by atoms with E-state index in [0.29, 0.717) is 6.42 Å². The molecule has 2 saturated carbocycles. The Kier molecular flexibility index (Phi) is 3.47. The van der Waals surface area contributed by atoms with Crippen LogP contribution in [0.5, 0.6) is 0 Å². The lowest BCUT2D eigenvalue weighted by molar-refractivity contribution is -0.120. The Hall–Kier alpha value is -1.84. The zero-order chi connectivity index (χ0) is 14.1. The van der Waals surface area contributed by atoms with Crippen molar-refractivity contribution in [1.82, 2.24) is 0 Å². The normalized spacial score (nSPS) is 26.8. The van der Waals surface area contributed by atoms with Crippen LogP contribution < -0.4 is 10.6 Å². The summed E-state index contributed by atoms with van der Waals surface area (Å²) in [4.78, 5) is 23.4. The first-order valence-electron chi connectivity index (χ1n) is 7.36. The van der Waals surface area contributed by atoms with Gasteiger partial charge in [0, 0.05) is 23.7 Å². The van der Waals surface area contributed by atoms with Gasteiger partial charge < -0.3 is 10.6 Å². The average molecular weight is 272 g/mol. The molecule has 4 heteroatoms. The van der Waals surface area contributed by atoms with Gasteiger partial charge in [0.25, 0.3) is 0 Å². The van der Waals surface area contributed by atoms with Crippen LogP contribution in [0.25, 0.3) is 0 Å². The van der Waals surface area contributed by atoms with Gasteiger partial charge in [0.05, 0.1) is 0 Å². The molecule has 2 amide bonds. The smallest absolute Gasteiger partial charge is 0.227 e. The zero-order valence-electron chi connectivity index (χ0n) is 11.7. The van der Waals surface area contributed by atoms with Crippen molar-refractivity contribution in [2.75, 3.05) is 10.6 Å². The van der Waals surface area contributed by atoms with Gasteiger partial charge >= 0.3 is 0 Å². The number of rotatable bonds is 4. The molecule has 0 aromatic heterocycles. The van der Waals surface area contributed by atoms with Crippen LogP contribution in [0.1, 0.15) is 32.6 Å². The van der Waals surface area contributed by atoms with Crippen LogP contribution in [-0.2, 0) is 9.59 Å². The molecule has 0 heterocycles. The highest BCUT2D eigenvalue weighted by molar-refractivity contribution is 5.94. The van der Waals surface area contributed by atoms with Gasteiger partial charge in [0.2, 0.25) is 11.8 Å². The van der Waals surface area contributed by atoms with Crippen molar-refractivity contribution in [1.29, 1.82) is 0 Å². The first-order chi connectivity index (χ1) is 9.65. The molecule has 106 valence electrons. The van der Waals surface area contributed by atoms with Crippen molar-refractivity contribution in [3.05, 3.63) is 24.3 Å². The predicted molar refractivity (Wildman–Crippen MR) is 78.3 cm³/mol. The van der Waals surface area contributed by atoms with Crippen molar-refractivity contribution in [3.63, 3.8) is 0 Å². The van der Waals surface area contributed by atoms with Gasteiger partial charge in [-0.2, -0.15) is 0 Å². The molecule has 20 heavy (non-hydrogen) atoms. The van der Waals surface area contributed by atoms with Crippen molar-refractivity contribution in [2.24, 2.45) is 17.8 Å². The third kappa shape index (κ3) is 2.84. The Morgan fingerprint density at radius 1 is 1.00 bits per heavy atom. The van der Waals surface area contributed by atoms with E-state index < -0.39 is 0 Å². The van der Waals surface area contributed by atoms with E-state index in [1.54, 1.807) is 0 Å². The van der Waals surface area contributed by atoms with E-state index in [0.717, 1.165) is 36.1 Å². The molecule has 0 bridgehead atoms. The predicted octanol–water partition coefficient (Wildman–Crippen LogP) is 3.02. The van der Waals surface area contributed by atoms with E-state index in [1.807, 2.05) is 31.2 Å². The van der Waals surface area contributed by atoms with E-state index in [1.165, 1.54) is 6.42 Å². The van der Waals surface area contributed by atoms with Crippen LogP contribution in [0.3, 0.4) is 0 Å². The van der Waals surface area contributed by atoms with Gasteiger partial charge in [-0.15, -0.1) is 0 Å². The van der Waals surface area contributed by atoms with Crippen LogP contribution in [0.2, 0.25) is 0 Å². The number of benzene rings is 1. The standard InChI is InChI=1S/C16H20N2O2/c1-2-15(19)17-13-3-5-14(6-4-13)18-16(20)12-8-10-7-11(10)9-12/h3-6,10-12H,2,7-9H2,1H3,(H,17,19)(H,18,20). The number of hydrogen-bond donors (Lipinski definition) is 2. The number of fused-ring (bicyclic) bond motifs is 1. The largest absolute Gasteiger partial charge is 0.326 e. The van der Waals surface area contributed by atoms with Crippen molar-refractivity contribution in [3.8, 4) is 0 Å². The third-order valence-corrected chi connectivity index (χ3v) is 4.37. The highest BCUT2D eigenvalue weighted by Crippen LogP contribution is 2.54. The molecule has 2 N–H and O–H groups in total. The van der Waals surface area contributed by atoms with E-state index in [2.05, 4.69) is 10.6 Å². The van der Waals surface area contributed by atoms with Crippen molar-refractivity contribution >= 4 is 23.2 Å². The second-order valence-electron chi connectivity index (χ2n) is 5.89. The molecule has 3 rings (SSSR count). The summed E-state index contributed by atoms with van der Waals surface area (Å²) in [5.41, 5.74) is 1.56. The van der Waals surface area contributed by atoms with E-state index in [9.17, 15) is 9.59 Å². The van der Waals surface area contributed by atoms with E-state index in [-0.39, 0.29) is 17.7 Å². The fourth-order valence-electron chi connectivity index (χ4n) is 3.06. The molecule has 0 aliphatic heterocycles. The summed E-state index contributed by atoms with van der Waals surface area (Å²) in [5, 5.41) is 5.76. The SMILES string of the molecule is CCC(=O)Nc1ccc(NC(=O)C2CC3CC3C2)cc1. The summed E-state index contributed by atoms with van der Waals surface area (Å²) < 4.78 is 0. The maximum atomic E-state index is 12.1. The minimum absolute atomic E-state index is 0.00744. The molecule has 2 fully saturated rings. The Morgan fingerprint density at radius 3 is 2.10 bits per heavy atom. The Morgan fingerprint density at radius 2 is 1.55 bits per heavy atom. The van der Waals surface area contributed by atoms with E-state index >= 15 is 0 Å². The maximum Gasteiger partial charge on any atom is 0.227 e. The van der Waals surface area contributed by atoms with Crippen molar-refractivity contribution < 1.29 is 9.59 Å². The second-order valence-corrected chi connectivity index (χ2v) is 5.89. The van der Waals surface area contributed by atoms with Crippen LogP contribution in [0.15, 0.2) is 24.3 Å². The number of carbonyl (C=O) groups excluding carboxylic acids is 2. The topological polar surface area (TPSA) is 58.2 Å². The zero-order valence-corrected chi connectivity index (χ0v) is 11.7. The fraction of sp³-hybridized carbons (Fsp3) is 0.500. The van der Waals surface area contributed by atoms with Gasteiger partial charge in [-0.25, -0.2) is 0 Å². The minimum atomic E-state index is -0.00744. The van der Waals surface area contributed by atoms with Crippen LogP contribution in [0.4, 0.5) is 11.4 Å². The Bertz CT molecular complexity index is 514. The number of anilines is 2. The summed E-state index contributed by atoms with van der Waals surface area (Å²) in [6.07, 6.45) is 3.90. The lowest BCUT2D eigenvalue weighted by atomic mass is 10.0. The molecule has 1 aromatic rings. The number of hydrogen-bond acceptors (Lipinski definition) is 2. The van der Waals surface area contributed by atoms with Gasteiger partial charge in [0.15, 0.2) is 0 Å². The highest BCUT2D eigenvalue weighted by Gasteiger charge is 2.47.